The Bertz CT molecular complexity index is 2030. The Balaban J connectivity index is 1.34. The van der Waals surface area contributed by atoms with E-state index in [-0.39, 0.29) is 44.2 Å². The van der Waals surface area contributed by atoms with Gasteiger partial charge in [-0.15, -0.1) is 6.42 Å². The fourth-order valence-corrected chi connectivity index (χ4v) is 7.72. The molecule has 48 heavy (non-hydrogen) atoms. The number of halogens is 3. The average molecular weight is 651 g/mol. The number of aromatic nitrogens is 2. The molecule has 0 radical (unpaired) electrons. The number of fused-ring (bicyclic) bond motifs is 3. The number of benzene rings is 3. The molecule has 3 aliphatic heterocycles. The lowest BCUT2D eigenvalue weighted by molar-refractivity contribution is -0.131. The van der Waals surface area contributed by atoms with Crippen molar-refractivity contribution in [3.8, 4) is 35.6 Å². The molecule has 11 heteroatoms. The molecule has 3 aliphatic rings. The summed E-state index contributed by atoms with van der Waals surface area (Å²) >= 11 is 0. The van der Waals surface area contributed by atoms with Crippen molar-refractivity contribution in [1.29, 1.82) is 5.26 Å². The molecule has 0 saturated carbocycles. The van der Waals surface area contributed by atoms with E-state index in [0.29, 0.717) is 40.9 Å². The van der Waals surface area contributed by atoms with E-state index in [1.807, 2.05) is 41.3 Å². The second-order valence-electron chi connectivity index (χ2n) is 12.7. The van der Waals surface area contributed by atoms with Gasteiger partial charge in [0, 0.05) is 54.5 Å². The van der Waals surface area contributed by atoms with E-state index in [4.69, 9.17) is 16.1 Å². The molecule has 3 atom stereocenters. The van der Waals surface area contributed by atoms with E-state index >= 15 is 4.39 Å². The van der Waals surface area contributed by atoms with Crippen LogP contribution in [0.15, 0.2) is 60.9 Å². The summed E-state index contributed by atoms with van der Waals surface area (Å²) in [5, 5.41) is 11.5. The van der Waals surface area contributed by atoms with Gasteiger partial charge in [0.1, 0.15) is 24.1 Å². The quantitative estimate of drug-likeness (QED) is 0.181. The van der Waals surface area contributed by atoms with E-state index < -0.39 is 35.3 Å². The van der Waals surface area contributed by atoms with Gasteiger partial charge in [0.2, 0.25) is 0 Å². The van der Waals surface area contributed by atoms with E-state index in [1.165, 1.54) is 4.90 Å². The summed E-state index contributed by atoms with van der Waals surface area (Å²) in [5.74, 6) is 0.496. The van der Waals surface area contributed by atoms with Crippen molar-refractivity contribution in [2.24, 2.45) is 0 Å². The predicted molar refractivity (Wildman–Crippen MR) is 177 cm³/mol. The molecule has 0 spiro atoms. The number of nitrogens with zero attached hydrogens (tertiary/aromatic N) is 6. The molecule has 8 nitrogen and oxygen atoms in total. The number of anilines is 1. The molecule has 3 aromatic carbocycles. The molecule has 1 amide bonds. The highest BCUT2D eigenvalue weighted by molar-refractivity contribution is 6.03. The summed E-state index contributed by atoms with van der Waals surface area (Å²) in [7, 11) is 0. The Morgan fingerprint density at radius 2 is 1.92 bits per heavy atom. The maximum atomic E-state index is 16.9. The standard InChI is InChI=1S/C37H33F3N6O2/c1-3-24-7-4-8-25-9-5-10-28(31(24)25)29-11-12-30-33(32(29)40)42-36(48-22-37-14-6-16-45(37)20-26(39)19-37)43-34(30)44-17-18-46(35(47)23(2)38)27(21-44)13-15-41/h1,4-5,7-12,26-27H,2,6,13-14,16-22H2/t26-,27+,37+/m1/s1. The number of alkyl halides is 1. The molecule has 1 aromatic heterocycles. The normalized spacial score (nSPS) is 22.4. The van der Waals surface area contributed by atoms with Crippen LogP contribution >= 0.6 is 0 Å². The summed E-state index contributed by atoms with van der Waals surface area (Å²) < 4.78 is 51.5. The summed E-state index contributed by atoms with van der Waals surface area (Å²) in [4.78, 5) is 27.1. The summed E-state index contributed by atoms with van der Waals surface area (Å²) in [6.45, 7) is 4.87. The zero-order valence-electron chi connectivity index (χ0n) is 26.3. The van der Waals surface area contributed by atoms with Crippen LogP contribution < -0.4 is 9.64 Å². The highest BCUT2D eigenvalue weighted by Crippen LogP contribution is 2.41. The highest BCUT2D eigenvalue weighted by Gasteiger charge is 2.49. The van der Waals surface area contributed by atoms with Crippen LogP contribution in [-0.2, 0) is 4.79 Å². The lowest BCUT2D eigenvalue weighted by atomic mass is 9.93. The van der Waals surface area contributed by atoms with E-state index in [1.54, 1.807) is 12.1 Å². The van der Waals surface area contributed by atoms with Gasteiger partial charge < -0.3 is 14.5 Å². The molecule has 0 aliphatic carbocycles. The third kappa shape index (κ3) is 5.38. The highest BCUT2D eigenvalue weighted by atomic mass is 19.1. The zero-order chi connectivity index (χ0) is 33.6. The Morgan fingerprint density at radius 3 is 2.69 bits per heavy atom. The SMILES string of the molecule is C#Cc1cccc2cccc(-c3ccc4c(N5CCN(C(=O)C(=C)F)[C@@H](CC#N)C5)nc(OC[C@@]56CCCN5C[C@H](F)C6)nc4c3F)c12. The molecular weight excluding hydrogens is 617 g/mol. The monoisotopic (exact) mass is 650 g/mol. The number of hydrogen-bond donors (Lipinski definition) is 0. The Labute approximate surface area is 276 Å². The van der Waals surface area contributed by atoms with Crippen LogP contribution in [0.5, 0.6) is 6.01 Å². The topological polar surface area (TPSA) is 85.6 Å². The first-order valence-corrected chi connectivity index (χ1v) is 16.0. The molecule has 0 bridgehead atoms. The number of rotatable bonds is 7. The van der Waals surface area contributed by atoms with Crippen molar-refractivity contribution in [1.82, 2.24) is 19.8 Å². The molecule has 244 valence electrons. The van der Waals surface area contributed by atoms with Crippen molar-refractivity contribution >= 4 is 33.4 Å². The van der Waals surface area contributed by atoms with E-state index in [9.17, 15) is 18.8 Å². The molecule has 3 fully saturated rings. The number of piperazine rings is 1. The van der Waals surface area contributed by atoms with Crippen molar-refractivity contribution in [2.75, 3.05) is 44.2 Å². The van der Waals surface area contributed by atoms with Crippen molar-refractivity contribution < 1.29 is 22.7 Å². The Kier molecular flexibility index (Phi) is 8.18. The fourth-order valence-electron chi connectivity index (χ4n) is 7.72. The van der Waals surface area contributed by atoms with Crippen LogP contribution in [0.3, 0.4) is 0 Å². The first-order valence-electron chi connectivity index (χ1n) is 16.0. The first-order chi connectivity index (χ1) is 23.2. The largest absolute Gasteiger partial charge is 0.461 e. The number of nitriles is 1. The average Bonchev–Trinajstić information content (AvgIpc) is 3.62. The zero-order valence-corrected chi connectivity index (χ0v) is 26.3. The maximum absolute atomic E-state index is 16.9. The van der Waals surface area contributed by atoms with Gasteiger partial charge in [-0.1, -0.05) is 48.9 Å². The van der Waals surface area contributed by atoms with Crippen LogP contribution in [0.4, 0.5) is 19.0 Å². The predicted octanol–water partition coefficient (Wildman–Crippen LogP) is 5.94. The lowest BCUT2D eigenvalue weighted by Crippen LogP contribution is -2.55. The lowest BCUT2D eigenvalue weighted by Gasteiger charge is -2.41. The Hall–Kier alpha value is -5.13. The van der Waals surface area contributed by atoms with E-state index in [2.05, 4.69) is 28.5 Å². The van der Waals surface area contributed by atoms with Crippen LogP contribution in [0.2, 0.25) is 0 Å². The first kappa shape index (κ1) is 31.5. The van der Waals surface area contributed by atoms with Gasteiger partial charge in [-0.25, -0.2) is 13.2 Å². The van der Waals surface area contributed by atoms with E-state index in [0.717, 1.165) is 30.2 Å². The van der Waals surface area contributed by atoms with Gasteiger partial charge in [-0.3, -0.25) is 9.69 Å². The molecule has 4 heterocycles. The van der Waals surface area contributed by atoms with Crippen LogP contribution in [-0.4, -0.2) is 82.8 Å². The van der Waals surface area contributed by atoms with Gasteiger partial charge in [0.25, 0.3) is 5.91 Å². The molecule has 0 unspecified atom stereocenters. The summed E-state index contributed by atoms with van der Waals surface area (Å²) in [5.41, 5.74) is 1.07. The fraction of sp³-hybridized carbons (Fsp3) is 0.351. The minimum Gasteiger partial charge on any atom is -0.461 e. The molecular formula is C37H33F3N6O2. The smallest absolute Gasteiger partial charge is 0.319 e. The van der Waals surface area contributed by atoms with Gasteiger partial charge in [-0.05, 0) is 42.5 Å². The van der Waals surface area contributed by atoms with Crippen LogP contribution in [0, 0.1) is 29.5 Å². The van der Waals surface area contributed by atoms with Gasteiger partial charge >= 0.3 is 6.01 Å². The number of amides is 1. The number of carbonyl (C=O) groups excluding carboxylic acids is 1. The minimum absolute atomic E-state index is 0.0192. The van der Waals surface area contributed by atoms with Gasteiger partial charge in [-0.2, -0.15) is 15.2 Å². The third-order valence-corrected chi connectivity index (χ3v) is 9.95. The maximum Gasteiger partial charge on any atom is 0.319 e. The third-order valence-electron chi connectivity index (χ3n) is 9.95. The van der Waals surface area contributed by atoms with Gasteiger partial charge in [0.15, 0.2) is 11.6 Å². The van der Waals surface area contributed by atoms with Gasteiger partial charge in [0.05, 0.1) is 24.1 Å². The Morgan fingerprint density at radius 1 is 1.10 bits per heavy atom. The summed E-state index contributed by atoms with van der Waals surface area (Å²) in [6, 6.07) is 15.9. The molecule has 0 N–H and O–H groups in total. The molecule has 3 saturated heterocycles. The van der Waals surface area contributed by atoms with Crippen molar-refractivity contribution in [3.63, 3.8) is 0 Å². The number of ether oxygens (including phenoxy) is 1. The second kappa shape index (κ2) is 12.5. The van der Waals surface area contributed by atoms with Crippen molar-refractivity contribution in [3.05, 3.63) is 72.3 Å². The molecule has 7 rings (SSSR count). The second-order valence-corrected chi connectivity index (χ2v) is 12.7. The number of terminal acetylenes is 1. The van der Waals surface area contributed by atoms with Crippen LogP contribution in [0.25, 0.3) is 32.8 Å². The minimum atomic E-state index is -1.10. The van der Waals surface area contributed by atoms with Crippen LogP contribution in [0.1, 0.15) is 31.2 Å². The summed E-state index contributed by atoms with van der Waals surface area (Å²) in [6.07, 6.45) is 6.88. The number of carbonyl (C=O) groups is 1. The number of hydrogen-bond acceptors (Lipinski definition) is 7. The molecule has 4 aromatic rings. The van der Waals surface area contributed by atoms with Crippen molar-refractivity contribution in [2.45, 2.75) is 43.4 Å².